The van der Waals surface area contributed by atoms with Crippen LogP contribution in [0.5, 0.6) is 11.5 Å². The molecule has 1 rings (SSSR count). The Balaban J connectivity index is 3.02. The predicted octanol–water partition coefficient (Wildman–Crippen LogP) is 0.721. The van der Waals surface area contributed by atoms with Crippen LogP contribution in [0, 0.1) is 3.57 Å². The van der Waals surface area contributed by atoms with E-state index >= 15 is 0 Å². The number of benzene rings is 1. The second-order valence-corrected chi connectivity index (χ2v) is 5.35. The maximum atomic E-state index is 10.8. The van der Waals surface area contributed by atoms with Crippen molar-refractivity contribution >= 4 is 52.0 Å². The maximum absolute atomic E-state index is 10.8. The van der Waals surface area contributed by atoms with Gasteiger partial charge in [0.1, 0.15) is 0 Å². The zero-order chi connectivity index (χ0) is 15.8. The fourth-order valence-corrected chi connectivity index (χ4v) is 2.21. The molecule has 0 bridgehead atoms. The Bertz CT molecular complexity index is 566. The molecule has 0 aromatic heterocycles. The highest BCUT2D eigenvalue weighted by Crippen LogP contribution is 2.33. The van der Waals surface area contributed by atoms with E-state index < -0.39 is 5.91 Å². The topological polar surface area (TPSA) is 112 Å². The van der Waals surface area contributed by atoms with E-state index in [4.69, 9.17) is 20.9 Å². The van der Waals surface area contributed by atoms with Crippen LogP contribution < -0.4 is 26.4 Å². The first kappa shape index (κ1) is 17.4. The fourth-order valence-electron chi connectivity index (χ4n) is 1.38. The van der Waals surface area contributed by atoms with Gasteiger partial charge in [-0.15, -0.1) is 0 Å². The molecule has 0 aliphatic heterocycles. The van der Waals surface area contributed by atoms with Gasteiger partial charge in [-0.1, -0.05) is 0 Å². The van der Waals surface area contributed by atoms with Crippen LogP contribution in [0.15, 0.2) is 17.2 Å². The minimum atomic E-state index is -0.556. The molecule has 1 aromatic rings. The van der Waals surface area contributed by atoms with Gasteiger partial charge in [-0.3, -0.25) is 10.2 Å². The van der Waals surface area contributed by atoms with Gasteiger partial charge in [0.25, 0.3) is 5.91 Å². The first-order chi connectivity index (χ1) is 9.93. The van der Waals surface area contributed by atoms with Crippen molar-refractivity contribution in [3.05, 3.63) is 21.3 Å². The Morgan fingerprint density at radius 3 is 2.76 bits per heavy atom. The number of nitrogens with two attached hydrogens (primary N) is 2. The van der Waals surface area contributed by atoms with Crippen LogP contribution in [-0.2, 0) is 4.79 Å². The van der Waals surface area contributed by atoms with Crippen LogP contribution in [0.4, 0.5) is 0 Å². The fraction of sp³-hybridized carbons (Fsp3) is 0.250. The minimum absolute atomic E-state index is 0.0763. The Hall–Kier alpha value is -1.62. The Labute approximate surface area is 141 Å². The van der Waals surface area contributed by atoms with Gasteiger partial charge in [0.15, 0.2) is 23.2 Å². The zero-order valence-electron chi connectivity index (χ0n) is 11.3. The number of rotatable bonds is 7. The standard InChI is InChI=1S/C12H15IN4O3S/c1-2-19-9-4-7(5-16-17-12(15)21)3-8(13)11(9)20-6-10(14)18/h3-5H,2,6H2,1H3,(H2,14,18)(H3,15,17,21). The molecule has 1 amide bonds. The molecule has 114 valence electrons. The van der Waals surface area contributed by atoms with Crippen molar-refractivity contribution in [1.82, 2.24) is 5.43 Å². The number of thiocarbonyl (C=S) groups is 1. The quantitative estimate of drug-likeness (QED) is 0.259. The molecule has 0 fully saturated rings. The summed E-state index contributed by atoms with van der Waals surface area (Å²) in [6.07, 6.45) is 1.54. The molecular weight excluding hydrogens is 407 g/mol. The molecule has 0 saturated carbocycles. The Morgan fingerprint density at radius 1 is 1.48 bits per heavy atom. The third-order valence-electron chi connectivity index (χ3n) is 2.08. The summed E-state index contributed by atoms with van der Waals surface area (Å²) in [5.41, 5.74) is 13.6. The molecule has 0 heterocycles. The molecule has 0 saturated heterocycles. The van der Waals surface area contributed by atoms with Crippen molar-refractivity contribution in [2.75, 3.05) is 13.2 Å². The third kappa shape index (κ3) is 6.12. The lowest BCUT2D eigenvalue weighted by atomic mass is 10.2. The third-order valence-corrected chi connectivity index (χ3v) is 2.97. The summed E-state index contributed by atoms with van der Waals surface area (Å²) < 4.78 is 11.6. The molecule has 21 heavy (non-hydrogen) atoms. The number of hydrogen-bond acceptors (Lipinski definition) is 5. The SMILES string of the molecule is CCOc1cc(C=NNC(N)=S)cc(I)c1OCC(N)=O. The summed E-state index contributed by atoms with van der Waals surface area (Å²) >= 11 is 6.72. The van der Waals surface area contributed by atoms with Crippen molar-refractivity contribution in [3.8, 4) is 11.5 Å². The van der Waals surface area contributed by atoms with Crippen molar-refractivity contribution < 1.29 is 14.3 Å². The molecule has 0 atom stereocenters. The molecule has 0 aliphatic rings. The van der Waals surface area contributed by atoms with E-state index in [2.05, 4.69) is 45.3 Å². The average molecular weight is 422 g/mol. The number of primary amides is 1. The monoisotopic (exact) mass is 422 g/mol. The summed E-state index contributed by atoms with van der Waals surface area (Å²) in [4.78, 5) is 10.8. The van der Waals surface area contributed by atoms with Gasteiger partial charge in [-0.2, -0.15) is 5.10 Å². The lowest BCUT2D eigenvalue weighted by Crippen LogP contribution is -2.24. The van der Waals surface area contributed by atoms with E-state index in [0.29, 0.717) is 18.1 Å². The van der Waals surface area contributed by atoms with Gasteiger partial charge >= 0.3 is 0 Å². The van der Waals surface area contributed by atoms with Gasteiger partial charge in [-0.25, -0.2) is 0 Å². The molecule has 0 spiro atoms. The van der Waals surface area contributed by atoms with E-state index in [9.17, 15) is 4.79 Å². The lowest BCUT2D eigenvalue weighted by Gasteiger charge is -2.13. The van der Waals surface area contributed by atoms with Crippen molar-refractivity contribution in [1.29, 1.82) is 0 Å². The summed E-state index contributed by atoms with van der Waals surface area (Å²) in [7, 11) is 0. The smallest absolute Gasteiger partial charge is 0.255 e. The highest BCUT2D eigenvalue weighted by atomic mass is 127. The summed E-state index contributed by atoms with van der Waals surface area (Å²) in [5, 5.41) is 3.95. The molecule has 5 N–H and O–H groups in total. The van der Waals surface area contributed by atoms with Crippen LogP contribution in [-0.4, -0.2) is 30.4 Å². The van der Waals surface area contributed by atoms with E-state index in [-0.39, 0.29) is 11.7 Å². The van der Waals surface area contributed by atoms with Gasteiger partial charge in [-0.05, 0) is 59.4 Å². The maximum Gasteiger partial charge on any atom is 0.255 e. The molecule has 0 unspecified atom stereocenters. The number of nitrogens with zero attached hydrogens (tertiary/aromatic N) is 1. The first-order valence-corrected chi connectivity index (χ1v) is 7.38. The van der Waals surface area contributed by atoms with Crippen molar-refractivity contribution in [3.63, 3.8) is 0 Å². The summed E-state index contributed by atoms with van der Waals surface area (Å²) in [6.45, 7) is 2.08. The number of ether oxygens (including phenoxy) is 2. The minimum Gasteiger partial charge on any atom is -0.490 e. The molecular formula is C12H15IN4O3S. The Kier molecular flexibility index (Phi) is 7.15. The van der Waals surface area contributed by atoms with E-state index in [1.54, 1.807) is 12.3 Å². The van der Waals surface area contributed by atoms with Gasteiger partial charge in [0.2, 0.25) is 0 Å². The molecule has 0 aliphatic carbocycles. The largest absolute Gasteiger partial charge is 0.490 e. The summed E-state index contributed by atoms with van der Waals surface area (Å²) in [6, 6.07) is 3.54. The normalized spacial score (nSPS) is 10.4. The zero-order valence-corrected chi connectivity index (χ0v) is 14.2. The molecule has 1 aromatic carbocycles. The Morgan fingerprint density at radius 2 is 2.19 bits per heavy atom. The van der Waals surface area contributed by atoms with E-state index in [1.807, 2.05) is 13.0 Å². The number of carbonyl (C=O) groups excluding carboxylic acids is 1. The second kappa shape index (κ2) is 8.62. The van der Waals surface area contributed by atoms with E-state index in [1.165, 1.54) is 0 Å². The van der Waals surface area contributed by atoms with Gasteiger partial charge in [0, 0.05) is 0 Å². The number of amides is 1. The predicted molar refractivity (Wildman–Crippen MR) is 92.5 cm³/mol. The van der Waals surface area contributed by atoms with Crippen LogP contribution in [0.1, 0.15) is 12.5 Å². The molecule has 0 radical (unpaired) electrons. The second-order valence-electron chi connectivity index (χ2n) is 3.75. The number of nitrogens with one attached hydrogen (secondary N) is 1. The summed E-state index contributed by atoms with van der Waals surface area (Å²) in [5.74, 6) is 0.415. The van der Waals surface area contributed by atoms with Crippen molar-refractivity contribution in [2.24, 2.45) is 16.6 Å². The lowest BCUT2D eigenvalue weighted by molar-refractivity contribution is -0.119. The average Bonchev–Trinajstić information content (AvgIpc) is 2.37. The van der Waals surface area contributed by atoms with Crippen LogP contribution >= 0.6 is 34.8 Å². The number of hydrazone groups is 1. The highest BCUT2D eigenvalue weighted by molar-refractivity contribution is 14.1. The molecule has 7 nitrogen and oxygen atoms in total. The van der Waals surface area contributed by atoms with Gasteiger partial charge < -0.3 is 20.9 Å². The number of halogens is 1. The van der Waals surface area contributed by atoms with Crippen LogP contribution in [0.2, 0.25) is 0 Å². The highest BCUT2D eigenvalue weighted by Gasteiger charge is 2.12. The van der Waals surface area contributed by atoms with Crippen LogP contribution in [0.3, 0.4) is 0 Å². The van der Waals surface area contributed by atoms with E-state index in [0.717, 1.165) is 9.13 Å². The van der Waals surface area contributed by atoms with Crippen LogP contribution in [0.25, 0.3) is 0 Å². The first-order valence-electron chi connectivity index (χ1n) is 5.90. The van der Waals surface area contributed by atoms with Gasteiger partial charge in [0.05, 0.1) is 16.4 Å². The van der Waals surface area contributed by atoms with Crippen molar-refractivity contribution in [2.45, 2.75) is 6.92 Å². The molecule has 9 heteroatoms. The number of hydrogen-bond donors (Lipinski definition) is 3. The number of carbonyl (C=O) groups is 1.